The van der Waals surface area contributed by atoms with Crippen LogP contribution in [0.25, 0.3) is 12.2 Å². The van der Waals surface area contributed by atoms with E-state index < -0.39 is 0 Å². The molecule has 6 heteroatoms. The average Bonchev–Trinajstić information content (AvgIpc) is 2.93. The lowest BCUT2D eigenvalue weighted by molar-refractivity contribution is -0.114. The molecule has 1 N–H and O–H groups in total. The van der Waals surface area contributed by atoms with Gasteiger partial charge >= 0.3 is 0 Å². The number of nitrogens with one attached hydrogen (secondary N) is 1. The van der Waals surface area contributed by atoms with Crippen molar-refractivity contribution < 1.29 is 9.21 Å². The fourth-order valence-electron chi connectivity index (χ4n) is 1.44. The van der Waals surface area contributed by atoms with Gasteiger partial charge in [-0.2, -0.15) is 0 Å². The number of aromatic nitrogens is 2. The summed E-state index contributed by atoms with van der Waals surface area (Å²) in [4.78, 5) is 20.1. The molecule has 0 aliphatic carbocycles. The normalized spacial score (nSPS) is 12.0. The lowest BCUT2D eigenvalue weighted by Gasteiger charge is -2.12. The van der Waals surface area contributed by atoms with E-state index in [0.717, 1.165) is 10.6 Å². The van der Waals surface area contributed by atoms with Crippen LogP contribution in [-0.4, -0.2) is 15.9 Å². The highest BCUT2D eigenvalue weighted by atomic mass is 32.1. The number of oxazole rings is 1. The molecule has 0 saturated carbocycles. The number of rotatable bonds is 3. The maximum atomic E-state index is 10.9. The molecule has 20 heavy (non-hydrogen) atoms. The van der Waals surface area contributed by atoms with Gasteiger partial charge in [-0.15, -0.1) is 0 Å². The summed E-state index contributed by atoms with van der Waals surface area (Å²) in [6, 6.07) is 0. The summed E-state index contributed by atoms with van der Waals surface area (Å²) in [5.74, 6) is 1.28. The molecule has 0 fully saturated rings. The predicted octanol–water partition coefficient (Wildman–Crippen LogP) is 3.56. The summed E-state index contributed by atoms with van der Waals surface area (Å²) in [5.41, 5.74) is -0.0534. The van der Waals surface area contributed by atoms with E-state index in [-0.39, 0.29) is 11.3 Å². The van der Waals surface area contributed by atoms with E-state index in [4.69, 9.17) is 4.42 Å². The Kier molecular flexibility index (Phi) is 4.04. The van der Waals surface area contributed by atoms with Gasteiger partial charge in [0, 0.05) is 29.5 Å². The Morgan fingerprint density at radius 3 is 2.65 bits per heavy atom. The average molecular weight is 291 g/mol. The van der Waals surface area contributed by atoms with Crippen LogP contribution in [-0.2, 0) is 10.2 Å². The lowest BCUT2D eigenvalue weighted by atomic mass is 9.94. The van der Waals surface area contributed by atoms with E-state index in [0.29, 0.717) is 11.0 Å². The molecule has 0 unspecified atom stereocenters. The first-order valence-electron chi connectivity index (χ1n) is 6.22. The van der Waals surface area contributed by atoms with Crippen molar-refractivity contribution in [2.24, 2.45) is 0 Å². The molecule has 0 saturated heterocycles. The van der Waals surface area contributed by atoms with Crippen molar-refractivity contribution >= 4 is 34.5 Å². The highest BCUT2D eigenvalue weighted by molar-refractivity contribution is 7.16. The highest BCUT2D eigenvalue weighted by Crippen LogP contribution is 2.24. The third kappa shape index (κ3) is 3.77. The molecule has 2 aromatic heterocycles. The molecule has 0 aliphatic rings. The second-order valence-corrected chi connectivity index (χ2v) is 6.46. The molecule has 0 atom stereocenters. The van der Waals surface area contributed by atoms with Crippen molar-refractivity contribution in [3.63, 3.8) is 0 Å². The Morgan fingerprint density at radius 2 is 2.05 bits per heavy atom. The zero-order chi connectivity index (χ0) is 14.8. The van der Waals surface area contributed by atoms with Crippen molar-refractivity contribution in [2.45, 2.75) is 33.1 Å². The Morgan fingerprint density at radius 1 is 1.30 bits per heavy atom. The largest absolute Gasteiger partial charge is 0.441 e. The topological polar surface area (TPSA) is 68.0 Å². The Hall–Kier alpha value is -1.95. The number of hydrogen-bond donors (Lipinski definition) is 1. The van der Waals surface area contributed by atoms with E-state index >= 15 is 0 Å². The summed E-state index contributed by atoms with van der Waals surface area (Å²) in [7, 11) is 0. The van der Waals surface area contributed by atoms with Crippen LogP contribution < -0.4 is 5.32 Å². The van der Waals surface area contributed by atoms with E-state index in [1.54, 1.807) is 18.5 Å². The summed E-state index contributed by atoms with van der Waals surface area (Å²) >= 11 is 1.39. The van der Waals surface area contributed by atoms with Crippen LogP contribution in [0.2, 0.25) is 0 Å². The first-order valence-corrected chi connectivity index (χ1v) is 7.04. The van der Waals surface area contributed by atoms with Crippen molar-refractivity contribution in [1.82, 2.24) is 9.97 Å². The minimum Gasteiger partial charge on any atom is -0.441 e. The SMILES string of the molecule is CC(=O)Nc1ncc(/C=C/c2ncc(C(C)(C)C)o2)s1. The molecule has 5 nitrogen and oxygen atoms in total. The van der Waals surface area contributed by atoms with Crippen LogP contribution in [0.3, 0.4) is 0 Å². The van der Waals surface area contributed by atoms with Gasteiger partial charge in [-0.1, -0.05) is 32.1 Å². The second kappa shape index (κ2) is 5.58. The van der Waals surface area contributed by atoms with Gasteiger partial charge in [0.1, 0.15) is 5.76 Å². The van der Waals surface area contributed by atoms with Crippen molar-refractivity contribution in [2.75, 3.05) is 5.32 Å². The van der Waals surface area contributed by atoms with E-state index in [1.807, 2.05) is 6.08 Å². The van der Waals surface area contributed by atoms with Crippen LogP contribution in [0, 0.1) is 0 Å². The van der Waals surface area contributed by atoms with E-state index in [2.05, 4.69) is 36.1 Å². The van der Waals surface area contributed by atoms with Gasteiger partial charge in [-0.3, -0.25) is 4.79 Å². The van der Waals surface area contributed by atoms with Crippen LogP contribution in [0.15, 0.2) is 16.8 Å². The predicted molar refractivity (Wildman–Crippen MR) is 80.5 cm³/mol. The molecule has 0 aliphatic heterocycles. The smallest absolute Gasteiger partial charge is 0.223 e. The minimum atomic E-state index is -0.127. The molecule has 0 radical (unpaired) electrons. The number of nitrogens with zero attached hydrogens (tertiary/aromatic N) is 2. The zero-order valence-electron chi connectivity index (χ0n) is 11.9. The summed E-state index contributed by atoms with van der Waals surface area (Å²) in [6.07, 6.45) is 7.09. The van der Waals surface area contributed by atoms with Crippen LogP contribution in [0.5, 0.6) is 0 Å². The van der Waals surface area contributed by atoms with Gasteiger partial charge < -0.3 is 9.73 Å². The number of anilines is 1. The molecular formula is C14H17N3O2S. The quantitative estimate of drug-likeness (QED) is 0.939. The fraction of sp³-hybridized carbons (Fsp3) is 0.357. The van der Waals surface area contributed by atoms with Crippen LogP contribution in [0.1, 0.15) is 44.2 Å². The molecule has 0 spiro atoms. The maximum Gasteiger partial charge on any atom is 0.223 e. The lowest BCUT2D eigenvalue weighted by Crippen LogP contribution is -2.09. The van der Waals surface area contributed by atoms with Crippen LogP contribution >= 0.6 is 11.3 Å². The van der Waals surface area contributed by atoms with Gasteiger partial charge in [-0.25, -0.2) is 9.97 Å². The molecule has 106 valence electrons. The Balaban J connectivity index is 2.07. The van der Waals surface area contributed by atoms with Crippen molar-refractivity contribution in [3.8, 4) is 0 Å². The second-order valence-electron chi connectivity index (χ2n) is 5.40. The third-order valence-electron chi connectivity index (χ3n) is 2.46. The van der Waals surface area contributed by atoms with Gasteiger partial charge in [-0.05, 0) is 6.08 Å². The third-order valence-corrected chi connectivity index (χ3v) is 3.34. The van der Waals surface area contributed by atoms with E-state index in [1.165, 1.54) is 18.3 Å². The maximum absolute atomic E-state index is 10.9. The van der Waals surface area contributed by atoms with Gasteiger partial charge in [0.05, 0.1) is 6.20 Å². The zero-order valence-corrected chi connectivity index (χ0v) is 12.7. The van der Waals surface area contributed by atoms with E-state index in [9.17, 15) is 4.79 Å². The molecule has 1 amide bonds. The van der Waals surface area contributed by atoms with Crippen molar-refractivity contribution in [1.29, 1.82) is 0 Å². The van der Waals surface area contributed by atoms with Crippen LogP contribution in [0.4, 0.5) is 5.13 Å². The standard InChI is InChI=1S/C14H17N3O2S/c1-9(18)17-13-16-7-10(20-13)5-6-12-15-8-11(19-12)14(2,3)4/h5-8H,1-4H3,(H,16,17,18)/b6-5+. The summed E-state index contributed by atoms with van der Waals surface area (Å²) in [6.45, 7) is 7.68. The van der Waals surface area contributed by atoms with Gasteiger partial charge in [0.25, 0.3) is 0 Å². The first-order chi connectivity index (χ1) is 9.34. The van der Waals surface area contributed by atoms with Gasteiger partial charge in [0.15, 0.2) is 5.13 Å². The molecule has 2 rings (SSSR count). The number of carbonyl (C=O) groups excluding carboxylic acids is 1. The number of amides is 1. The number of carbonyl (C=O) groups is 1. The molecule has 0 aromatic carbocycles. The Labute approximate surface area is 121 Å². The van der Waals surface area contributed by atoms with Gasteiger partial charge in [0.2, 0.25) is 11.8 Å². The van der Waals surface area contributed by atoms with Crippen molar-refractivity contribution in [3.05, 3.63) is 28.9 Å². The summed E-state index contributed by atoms with van der Waals surface area (Å²) in [5, 5.41) is 3.23. The fourth-order valence-corrected chi connectivity index (χ4v) is 2.20. The summed E-state index contributed by atoms with van der Waals surface area (Å²) < 4.78 is 5.66. The Bertz CT molecular complexity index is 635. The number of hydrogen-bond acceptors (Lipinski definition) is 5. The molecule has 2 heterocycles. The first kappa shape index (κ1) is 14.5. The monoisotopic (exact) mass is 291 g/mol. The minimum absolute atomic E-state index is 0.0534. The molecular weight excluding hydrogens is 274 g/mol. The molecule has 2 aromatic rings. The number of thiazole rings is 1. The highest BCUT2D eigenvalue weighted by Gasteiger charge is 2.18. The molecule has 0 bridgehead atoms.